The van der Waals surface area contributed by atoms with Gasteiger partial charge in [0.15, 0.2) is 0 Å². The second kappa shape index (κ2) is 3.31. The molecular formula is C11H13F2N. The number of halogens is 2. The molecule has 0 radical (unpaired) electrons. The minimum Gasteiger partial charge on any atom is -0.313 e. The number of nitrogens with one attached hydrogen (secondary N) is 1. The SMILES string of the molecule is Cc1cc(F)cc([C@]2(F)CCNC2)c1. The first-order valence-corrected chi connectivity index (χ1v) is 4.77. The second-order valence-corrected chi connectivity index (χ2v) is 3.91. The van der Waals surface area contributed by atoms with Crippen LogP contribution >= 0.6 is 0 Å². The molecule has 1 fully saturated rings. The van der Waals surface area contributed by atoms with E-state index in [-0.39, 0.29) is 12.4 Å². The molecule has 1 heterocycles. The Morgan fingerprint density at radius 3 is 2.71 bits per heavy atom. The van der Waals surface area contributed by atoms with Crippen molar-refractivity contribution in [2.45, 2.75) is 19.0 Å². The molecule has 14 heavy (non-hydrogen) atoms. The van der Waals surface area contributed by atoms with E-state index in [2.05, 4.69) is 5.32 Å². The summed E-state index contributed by atoms with van der Waals surface area (Å²) in [6.45, 7) is 2.72. The largest absolute Gasteiger partial charge is 0.313 e. The van der Waals surface area contributed by atoms with E-state index in [1.165, 1.54) is 12.1 Å². The molecular weight excluding hydrogens is 184 g/mol. The summed E-state index contributed by atoms with van der Waals surface area (Å²) < 4.78 is 27.2. The first-order chi connectivity index (χ1) is 6.60. The normalized spacial score (nSPS) is 26.8. The molecule has 1 atom stereocenters. The van der Waals surface area contributed by atoms with Crippen LogP contribution in [0.25, 0.3) is 0 Å². The molecule has 0 aliphatic carbocycles. The monoisotopic (exact) mass is 197 g/mol. The van der Waals surface area contributed by atoms with E-state index < -0.39 is 5.67 Å². The van der Waals surface area contributed by atoms with Crippen molar-refractivity contribution in [1.29, 1.82) is 0 Å². The van der Waals surface area contributed by atoms with Gasteiger partial charge in [0.25, 0.3) is 0 Å². The molecule has 1 aromatic rings. The van der Waals surface area contributed by atoms with E-state index in [0.717, 1.165) is 5.56 Å². The molecule has 0 amide bonds. The van der Waals surface area contributed by atoms with Crippen molar-refractivity contribution in [3.63, 3.8) is 0 Å². The molecule has 76 valence electrons. The maximum atomic E-state index is 14.2. The van der Waals surface area contributed by atoms with E-state index in [4.69, 9.17) is 0 Å². The third-order valence-corrected chi connectivity index (χ3v) is 2.66. The highest BCUT2D eigenvalue weighted by atomic mass is 19.1. The number of benzene rings is 1. The summed E-state index contributed by atoms with van der Waals surface area (Å²) in [5.74, 6) is -0.357. The van der Waals surface area contributed by atoms with Crippen LogP contribution in [0.3, 0.4) is 0 Å². The van der Waals surface area contributed by atoms with Gasteiger partial charge in [0.2, 0.25) is 0 Å². The van der Waals surface area contributed by atoms with Gasteiger partial charge in [-0.1, -0.05) is 6.07 Å². The van der Waals surface area contributed by atoms with Gasteiger partial charge >= 0.3 is 0 Å². The zero-order valence-corrected chi connectivity index (χ0v) is 8.11. The lowest BCUT2D eigenvalue weighted by molar-refractivity contribution is 0.192. The Kier molecular flexibility index (Phi) is 2.27. The summed E-state index contributed by atoms with van der Waals surface area (Å²) in [4.78, 5) is 0. The fourth-order valence-corrected chi connectivity index (χ4v) is 1.90. The molecule has 1 aromatic carbocycles. The zero-order chi connectivity index (χ0) is 10.2. The van der Waals surface area contributed by atoms with Gasteiger partial charge in [0.05, 0.1) is 0 Å². The van der Waals surface area contributed by atoms with Crippen LogP contribution in [0.2, 0.25) is 0 Å². The van der Waals surface area contributed by atoms with Crippen molar-refractivity contribution >= 4 is 0 Å². The summed E-state index contributed by atoms with van der Waals surface area (Å²) in [5, 5.41) is 2.95. The fraction of sp³-hybridized carbons (Fsp3) is 0.455. The van der Waals surface area contributed by atoms with Gasteiger partial charge in [-0.15, -0.1) is 0 Å². The van der Waals surface area contributed by atoms with Gasteiger partial charge in [0, 0.05) is 6.54 Å². The number of hydrogen-bond donors (Lipinski definition) is 1. The van der Waals surface area contributed by atoms with Crippen molar-refractivity contribution in [3.8, 4) is 0 Å². The lowest BCUT2D eigenvalue weighted by Crippen LogP contribution is -2.23. The summed E-state index contributed by atoms with van der Waals surface area (Å²) in [7, 11) is 0. The molecule has 0 bridgehead atoms. The minimum atomic E-state index is -1.38. The molecule has 1 nitrogen and oxygen atoms in total. The van der Waals surface area contributed by atoms with Gasteiger partial charge in [-0.3, -0.25) is 0 Å². The number of rotatable bonds is 1. The maximum absolute atomic E-state index is 14.2. The van der Waals surface area contributed by atoms with Crippen molar-refractivity contribution in [2.75, 3.05) is 13.1 Å². The van der Waals surface area contributed by atoms with Crippen LogP contribution in [-0.4, -0.2) is 13.1 Å². The van der Waals surface area contributed by atoms with Gasteiger partial charge in [-0.2, -0.15) is 0 Å². The van der Waals surface area contributed by atoms with Crippen LogP contribution < -0.4 is 5.32 Å². The van der Waals surface area contributed by atoms with Crippen LogP contribution in [0.15, 0.2) is 18.2 Å². The van der Waals surface area contributed by atoms with E-state index >= 15 is 0 Å². The van der Waals surface area contributed by atoms with Crippen molar-refractivity contribution in [3.05, 3.63) is 35.1 Å². The Hall–Kier alpha value is -0.960. The molecule has 0 unspecified atom stereocenters. The van der Waals surface area contributed by atoms with Crippen LogP contribution in [0.4, 0.5) is 8.78 Å². The van der Waals surface area contributed by atoms with Gasteiger partial charge in [-0.05, 0) is 43.1 Å². The number of alkyl halides is 1. The topological polar surface area (TPSA) is 12.0 Å². The standard InChI is InChI=1S/C11H13F2N/c1-8-4-9(6-10(12)5-8)11(13)2-3-14-7-11/h4-6,14H,2-3,7H2,1H3/t11-/m0/s1. The van der Waals surface area contributed by atoms with E-state index in [9.17, 15) is 8.78 Å². The maximum Gasteiger partial charge on any atom is 0.149 e. The second-order valence-electron chi connectivity index (χ2n) is 3.91. The van der Waals surface area contributed by atoms with Crippen molar-refractivity contribution < 1.29 is 8.78 Å². The van der Waals surface area contributed by atoms with E-state index in [1.807, 2.05) is 0 Å². The highest BCUT2D eigenvalue weighted by Crippen LogP contribution is 2.32. The molecule has 0 spiro atoms. The molecule has 3 heteroatoms. The van der Waals surface area contributed by atoms with Gasteiger partial charge < -0.3 is 5.32 Å². The summed E-state index contributed by atoms with van der Waals surface area (Å²) in [6.07, 6.45) is 0.426. The lowest BCUT2D eigenvalue weighted by Gasteiger charge is -2.19. The Balaban J connectivity index is 2.40. The summed E-state index contributed by atoms with van der Waals surface area (Å²) in [6, 6.07) is 4.42. The highest BCUT2D eigenvalue weighted by molar-refractivity contribution is 5.29. The zero-order valence-electron chi connectivity index (χ0n) is 8.11. The van der Waals surface area contributed by atoms with Crippen molar-refractivity contribution in [1.82, 2.24) is 5.32 Å². The Morgan fingerprint density at radius 2 is 2.14 bits per heavy atom. The molecule has 0 saturated carbocycles. The van der Waals surface area contributed by atoms with Crippen LogP contribution in [0, 0.1) is 12.7 Å². The predicted octanol–water partition coefficient (Wildman–Crippen LogP) is 2.29. The smallest absolute Gasteiger partial charge is 0.149 e. The first kappa shape index (κ1) is 9.59. The van der Waals surface area contributed by atoms with E-state index in [0.29, 0.717) is 18.5 Å². The molecule has 1 aliphatic rings. The molecule has 2 rings (SSSR count). The molecule has 1 N–H and O–H groups in total. The van der Waals surface area contributed by atoms with Crippen LogP contribution in [-0.2, 0) is 5.67 Å². The third-order valence-electron chi connectivity index (χ3n) is 2.66. The highest BCUT2D eigenvalue weighted by Gasteiger charge is 2.35. The van der Waals surface area contributed by atoms with Gasteiger partial charge in [-0.25, -0.2) is 8.78 Å². The van der Waals surface area contributed by atoms with Crippen LogP contribution in [0.5, 0.6) is 0 Å². The number of aryl methyl sites for hydroxylation is 1. The summed E-state index contributed by atoms with van der Waals surface area (Å²) in [5.41, 5.74) is -0.156. The Labute approximate surface area is 82.1 Å². The average Bonchev–Trinajstić information content (AvgIpc) is 2.52. The molecule has 1 aliphatic heterocycles. The first-order valence-electron chi connectivity index (χ1n) is 4.77. The predicted molar refractivity (Wildman–Crippen MR) is 51.4 cm³/mol. The minimum absolute atomic E-state index is 0.288. The number of hydrogen-bond acceptors (Lipinski definition) is 1. The summed E-state index contributed by atoms with van der Waals surface area (Å²) >= 11 is 0. The Bertz CT molecular complexity index is 323. The third kappa shape index (κ3) is 1.64. The molecule has 0 aromatic heterocycles. The van der Waals surface area contributed by atoms with Crippen molar-refractivity contribution in [2.24, 2.45) is 0 Å². The van der Waals surface area contributed by atoms with Crippen LogP contribution in [0.1, 0.15) is 17.5 Å². The lowest BCUT2D eigenvalue weighted by atomic mass is 9.93. The fourth-order valence-electron chi connectivity index (χ4n) is 1.90. The quantitative estimate of drug-likeness (QED) is 0.728. The van der Waals surface area contributed by atoms with E-state index in [1.54, 1.807) is 13.0 Å². The van der Waals surface area contributed by atoms with Gasteiger partial charge in [0.1, 0.15) is 11.5 Å². The molecule has 1 saturated heterocycles. The Morgan fingerprint density at radius 1 is 1.36 bits per heavy atom. The average molecular weight is 197 g/mol.